The van der Waals surface area contributed by atoms with Gasteiger partial charge in [-0.2, -0.15) is 0 Å². The van der Waals surface area contributed by atoms with Crippen molar-refractivity contribution in [2.75, 3.05) is 5.32 Å². The normalized spacial score (nSPS) is 14.2. The van der Waals surface area contributed by atoms with Crippen LogP contribution in [0.25, 0.3) is 0 Å². The van der Waals surface area contributed by atoms with Gasteiger partial charge >= 0.3 is 0 Å². The van der Waals surface area contributed by atoms with E-state index in [0.29, 0.717) is 12.2 Å². The Morgan fingerprint density at radius 3 is 2.94 bits per heavy atom. The van der Waals surface area contributed by atoms with Gasteiger partial charge in [-0.25, -0.2) is 9.37 Å². The van der Waals surface area contributed by atoms with Crippen LogP contribution in [0.5, 0.6) is 0 Å². The Bertz CT molecular complexity index is 487. The molecule has 2 aromatic rings. The van der Waals surface area contributed by atoms with Gasteiger partial charge in [-0.15, -0.1) is 0 Å². The number of furan rings is 1. The third-order valence-electron chi connectivity index (χ3n) is 2.59. The highest BCUT2D eigenvalue weighted by molar-refractivity contribution is 5.36. The average Bonchev–Trinajstić information content (AvgIpc) is 2.85. The van der Waals surface area contributed by atoms with Gasteiger partial charge in [0.1, 0.15) is 11.9 Å². The molecule has 0 bridgehead atoms. The quantitative estimate of drug-likeness (QED) is 0.856. The van der Waals surface area contributed by atoms with Crippen LogP contribution in [-0.2, 0) is 0 Å². The number of pyridine rings is 1. The number of aromatic nitrogens is 1. The van der Waals surface area contributed by atoms with Gasteiger partial charge in [0, 0.05) is 18.7 Å². The first kappa shape index (κ1) is 12.6. The zero-order chi connectivity index (χ0) is 13.0. The van der Waals surface area contributed by atoms with Crippen molar-refractivity contribution in [2.45, 2.75) is 25.5 Å². The van der Waals surface area contributed by atoms with Gasteiger partial charge in [-0.05, 0) is 31.2 Å². The molecule has 2 atom stereocenters. The van der Waals surface area contributed by atoms with Crippen LogP contribution in [0, 0.1) is 5.82 Å². The molecule has 0 spiro atoms. The van der Waals surface area contributed by atoms with Gasteiger partial charge < -0.3 is 14.8 Å². The predicted molar refractivity (Wildman–Crippen MR) is 65.6 cm³/mol. The molecule has 0 radical (unpaired) electrons. The lowest BCUT2D eigenvalue weighted by molar-refractivity contribution is 0.136. The van der Waals surface area contributed by atoms with Crippen molar-refractivity contribution in [3.8, 4) is 0 Å². The van der Waals surface area contributed by atoms with Gasteiger partial charge in [-0.3, -0.25) is 0 Å². The maximum Gasteiger partial charge on any atom is 0.165 e. The molecule has 2 heterocycles. The number of aliphatic hydroxyl groups excluding tert-OH is 1. The Morgan fingerprint density at radius 2 is 2.28 bits per heavy atom. The molecular weight excluding hydrogens is 235 g/mol. The maximum atomic E-state index is 13.4. The van der Waals surface area contributed by atoms with Gasteiger partial charge in [0.15, 0.2) is 11.6 Å². The minimum Gasteiger partial charge on any atom is -0.467 e. The number of hydrogen-bond acceptors (Lipinski definition) is 4. The molecule has 0 aliphatic carbocycles. The van der Waals surface area contributed by atoms with E-state index in [1.807, 2.05) is 6.92 Å². The summed E-state index contributed by atoms with van der Waals surface area (Å²) in [6, 6.07) is 6.16. The van der Waals surface area contributed by atoms with Crippen LogP contribution < -0.4 is 5.32 Å². The van der Waals surface area contributed by atoms with E-state index in [1.165, 1.54) is 24.6 Å². The van der Waals surface area contributed by atoms with E-state index in [2.05, 4.69) is 10.3 Å². The molecule has 0 aliphatic rings. The summed E-state index contributed by atoms with van der Waals surface area (Å²) >= 11 is 0. The fourth-order valence-electron chi connectivity index (χ4n) is 1.72. The smallest absolute Gasteiger partial charge is 0.165 e. The van der Waals surface area contributed by atoms with E-state index in [-0.39, 0.29) is 11.9 Å². The zero-order valence-electron chi connectivity index (χ0n) is 10.0. The molecule has 5 heteroatoms. The van der Waals surface area contributed by atoms with Crippen LogP contribution in [0.2, 0.25) is 0 Å². The van der Waals surface area contributed by atoms with E-state index in [4.69, 9.17) is 4.42 Å². The van der Waals surface area contributed by atoms with Crippen molar-refractivity contribution >= 4 is 5.82 Å². The van der Waals surface area contributed by atoms with E-state index >= 15 is 0 Å². The van der Waals surface area contributed by atoms with Gasteiger partial charge in [-0.1, -0.05) is 0 Å². The van der Waals surface area contributed by atoms with Gasteiger partial charge in [0.05, 0.1) is 6.26 Å². The Kier molecular flexibility index (Phi) is 3.94. The van der Waals surface area contributed by atoms with Crippen molar-refractivity contribution in [1.82, 2.24) is 4.98 Å². The first-order valence-corrected chi connectivity index (χ1v) is 5.75. The largest absolute Gasteiger partial charge is 0.467 e. The standard InChI is InChI=1S/C13H15FN2O2/c1-9(8-11(17)12-5-3-7-18-12)16-13-10(14)4-2-6-15-13/h2-7,9,11,17H,8H2,1H3,(H,15,16)/t9-,11-/m0/s1. The van der Waals surface area contributed by atoms with E-state index < -0.39 is 11.9 Å². The lowest BCUT2D eigenvalue weighted by atomic mass is 10.1. The summed E-state index contributed by atoms with van der Waals surface area (Å²) in [5, 5.41) is 12.8. The number of aliphatic hydroxyl groups is 1. The fourth-order valence-corrected chi connectivity index (χ4v) is 1.72. The van der Waals surface area contributed by atoms with Crippen molar-refractivity contribution < 1.29 is 13.9 Å². The predicted octanol–water partition coefficient (Wildman–Crippen LogP) is 2.74. The second kappa shape index (κ2) is 5.64. The Balaban J connectivity index is 1.93. The Labute approximate surface area is 104 Å². The number of anilines is 1. The third kappa shape index (κ3) is 3.07. The third-order valence-corrected chi connectivity index (χ3v) is 2.59. The zero-order valence-corrected chi connectivity index (χ0v) is 10.0. The lowest BCUT2D eigenvalue weighted by Gasteiger charge is -2.17. The SMILES string of the molecule is C[C@@H](C[C@H](O)c1ccco1)Nc1ncccc1F. The lowest BCUT2D eigenvalue weighted by Crippen LogP contribution is -2.20. The summed E-state index contributed by atoms with van der Waals surface area (Å²) in [7, 11) is 0. The van der Waals surface area contributed by atoms with E-state index in [9.17, 15) is 9.50 Å². The summed E-state index contributed by atoms with van der Waals surface area (Å²) in [6.45, 7) is 1.85. The average molecular weight is 250 g/mol. The highest BCUT2D eigenvalue weighted by atomic mass is 19.1. The fraction of sp³-hybridized carbons (Fsp3) is 0.308. The molecule has 96 valence electrons. The monoisotopic (exact) mass is 250 g/mol. The molecule has 0 aliphatic heterocycles. The molecule has 0 amide bonds. The molecule has 0 aromatic carbocycles. The van der Waals surface area contributed by atoms with E-state index in [1.54, 1.807) is 12.1 Å². The molecule has 0 saturated carbocycles. The van der Waals surface area contributed by atoms with Crippen molar-refractivity contribution in [1.29, 1.82) is 0 Å². The summed E-state index contributed by atoms with van der Waals surface area (Å²) < 4.78 is 18.5. The van der Waals surface area contributed by atoms with Gasteiger partial charge in [0.2, 0.25) is 0 Å². The summed E-state index contributed by atoms with van der Waals surface area (Å²) in [5.74, 6) is 0.290. The molecule has 0 unspecified atom stereocenters. The number of hydrogen-bond donors (Lipinski definition) is 2. The number of rotatable bonds is 5. The van der Waals surface area contributed by atoms with Crippen LogP contribution in [0.4, 0.5) is 10.2 Å². The van der Waals surface area contributed by atoms with Crippen LogP contribution >= 0.6 is 0 Å². The van der Waals surface area contributed by atoms with Crippen LogP contribution in [0.1, 0.15) is 25.2 Å². The van der Waals surface area contributed by atoms with Crippen LogP contribution in [-0.4, -0.2) is 16.1 Å². The summed E-state index contributed by atoms with van der Waals surface area (Å²) in [4.78, 5) is 3.90. The Hall–Kier alpha value is -1.88. The van der Waals surface area contributed by atoms with Crippen LogP contribution in [0.15, 0.2) is 41.1 Å². The molecular formula is C13H15FN2O2. The van der Waals surface area contributed by atoms with Crippen molar-refractivity contribution in [2.24, 2.45) is 0 Å². The molecule has 0 saturated heterocycles. The topological polar surface area (TPSA) is 58.3 Å². The molecule has 18 heavy (non-hydrogen) atoms. The Morgan fingerprint density at radius 1 is 1.44 bits per heavy atom. The second-order valence-electron chi connectivity index (χ2n) is 4.15. The molecule has 2 aromatic heterocycles. The minimum atomic E-state index is -0.714. The number of nitrogens with one attached hydrogen (secondary N) is 1. The van der Waals surface area contributed by atoms with Crippen molar-refractivity contribution in [3.05, 3.63) is 48.3 Å². The highest BCUT2D eigenvalue weighted by Gasteiger charge is 2.15. The summed E-state index contributed by atoms with van der Waals surface area (Å²) in [6.07, 6.45) is 2.72. The second-order valence-corrected chi connectivity index (χ2v) is 4.15. The van der Waals surface area contributed by atoms with Crippen molar-refractivity contribution in [3.63, 3.8) is 0 Å². The summed E-state index contributed by atoms with van der Waals surface area (Å²) in [5.41, 5.74) is 0. The molecule has 2 rings (SSSR count). The minimum absolute atomic E-state index is 0.130. The molecule has 4 nitrogen and oxygen atoms in total. The number of halogens is 1. The molecule has 2 N–H and O–H groups in total. The maximum absolute atomic E-state index is 13.4. The van der Waals surface area contributed by atoms with Crippen LogP contribution in [0.3, 0.4) is 0 Å². The first-order valence-electron chi connectivity index (χ1n) is 5.75. The number of nitrogens with zero attached hydrogens (tertiary/aromatic N) is 1. The van der Waals surface area contributed by atoms with E-state index in [0.717, 1.165) is 0 Å². The van der Waals surface area contributed by atoms with Gasteiger partial charge in [0.25, 0.3) is 0 Å². The first-order chi connectivity index (χ1) is 8.66. The highest BCUT2D eigenvalue weighted by Crippen LogP contribution is 2.20. The molecule has 0 fully saturated rings.